The molecule has 0 heterocycles. The van der Waals surface area contributed by atoms with E-state index in [4.69, 9.17) is 9.63 Å². The van der Waals surface area contributed by atoms with Crippen LogP contribution in [0.4, 0.5) is 0 Å². The molecular formula is C8H19O5P. The van der Waals surface area contributed by atoms with Gasteiger partial charge in [-0.3, -0.25) is 9.05 Å². The maximum atomic E-state index is 11.1. The molecular weight excluding hydrogens is 207 g/mol. The summed E-state index contributed by atoms with van der Waals surface area (Å²) >= 11 is 0. The number of ether oxygens (including phenoxy) is 1. The van der Waals surface area contributed by atoms with Crippen molar-refractivity contribution in [1.29, 1.82) is 0 Å². The van der Waals surface area contributed by atoms with Gasteiger partial charge in [-0.1, -0.05) is 13.3 Å². The van der Waals surface area contributed by atoms with Crippen molar-refractivity contribution in [1.82, 2.24) is 0 Å². The molecule has 6 heteroatoms. The van der Waals surface area contributed by atoms with Crippen LogP contribution in [0.25, 0.3) is 0 Å². The molecule has 0 spiro atoms. The van der Waals surface area contributed by atoms with Crippen molar-refractivity contribution in [2.75, 3.05) is 26.4 Å². The summed E-state index contributed by atoms with van der Waals surface area (Å²) in [5.74, 6) is 0. The maximum Gasteiger partial charge on any atom is 0.472 e. The van der Waals surface area contributed by atoms with E-state index in [1.54, 1.807) is 0 Å². The molecule has 0 radical (unpaired) electrons. The van der Waals surface area contributed by atoms with E-state index >= 15 is 0 Å². The van der Waals surface area contributed by atoms with Gasteiger partial charge in [0, 0.05) is 6.61 Å². The molecule has 0 saturated heterocycles. The first kappa shape index (κ1) is 14.1. The van der Waals surface area contributed by atoms with Gasteiger partial charge in [0.15, 0.2) is 0 Å². The third kappa shape index (κ3) is 8.66. The average Bonchev–Trinajstić information content (AvgIpc) is 2.13. The molecule has 0 aromatic rings. The van der Waals surface area contributed by atoms with Gasteiger partial charge in [0.05, 0.1) is 19.8 Å². The molecule has 1 atom stereocenters. The third-order valence-electron chi connectivity index (χ3n) is 1.44. The fraction of sp³-hybridized carbons (Fsp3) is 1.00. The second kappa shape index (κ2) is 8.38. The van der Waals surface area contributed by atoms with Gasteiger partial charge in [0.2, 0.25) is 0 Å². The minimum absolute atomic E-state index is 0.0771. The number of unbranched alkanes of at least 4 members (excludes halogenated alkanes) is 1. The molecule has 14 heavy (non-hydrogen) atoms. The van der Waals surface area contributed by atoms with Gasteiger partial charge >= 0.3 is 7.82 Å². The standard InChI is InChI=1S/C8H19O5P/c1-3-5-6-12-14(9,10)13-8-7-11-4-2/h3-8H2,1-2H3,(H,9,10). The van der Waals surface area contributed by atoms with Gasteiger partial charge in [-0.25, -0.2) is 4.57 Å². The van der Waals surface area contributed by atoms with Crippen LogP contribution in [-0.2, 0) is 18.3 Å². The lowest BCUT2D eigenvalue weighted by Gasteiger charge is -2.11. The summed E-state index contributed by atoms with van der Waals surface area (Å²) in [6, 6.07) is 0. The highest BCUT2D eigenvalue weighted by Gasteiger charge is 2.19. The van der Waals surface area contributed by atoms with Gasteiger partial charge < -0.3 is 9.63 Å². The Bertz CT molecular complexity index is 173. The molecule has 0 fully saturated rings. The number of rotatable bonds is 9. The number of phosphoric acid groups is 1. The Morgan fingerprint density at radius 2 is 1.79 bits per heavy atom. The van der Waals surface area contributed by atoms with E-state index < -0.39 is 7.82 Å². The summed E-state index contributed by atoms with van der Waals surface area (Å²) in [6.07, 6.45) is 1.66. The van der Waals surface area contributed by atoms with Crippen molar-refractivity contribution in [3.63, 3.8) is 0 Å². The molecule has 0 aliphatic carbocycles. The zero-order chi connectivity index (χ0) is 10.9. The first-order valence-corrected chi connectivity index (χ1v) is 6.31. The number of hydrogen-bond donors (Lipinski definition) is 1. The van der Waals surface area contributed by atoms with Gasteiger partial charge in [-0.05, 0) is 13.3 Å². The summed E-state index contributed by atoms with van der Waals surface area (Å²) in [6.45, 7) is 5.01. The molecule has 0 amide bonds. The largest absolute Gasteiger partial charge is 0.472 e. The van der Waals surface area contributed by atoms with Crippen LogP contribution in [0.5, 0.6) is 0 Å². The molecule has 1 N–H and O–H groups in total. The van der Waals surface area contributed by atoms with Crippen LogP contribution in [0.2, 0.25) is 0 Å². The van der Waals surface area contributed by atoms with Crippen LogP contribution < -0.4 is 0 Å². The Kier molecular flexibility index (Phi) is 8.43. The molecule has 0 aromatic heterocycles. The Hall–Kier alpha value is 0.0700. The predicted octanol–water partition coefficient (Wildman–Crippen LogP) is 1.96. The second-order valence-corrected chi connectivity index (χ2v) is 4.14. The van der Waals surface area contributed by atoms with Crippen molar-refractivity contribution < 1.29 is 23.2 Å². The minimum Gasteiger partial charge on any atom is -0.379 e. The fourth-order valence-electron chi connectivity index (χ4n) is 0.717. The molecule has 0 rings (SSSR count). The van der Waals surface area contributed by atoms with Crippen LogP contribution in [0, 0.1) is 0 Å². The predicted molar refractivity (Wildman–Crippen MR) is 53.1 cm³/mol. The Balaban J connectivity index is 3.46. The van der Waals surface area contributed by atoms with Crippen molar-refractivity contribution in [2.24, 2.45) is 0 Å². The van der Waals surface area contributed by atoms with Crippen LogP contribution in [0.1, 0.15) is 26.7 Å². The van der Waals surface area contributed by atoms with Crippen LogP contribution in [0.15, 0.2) is 0 Å². The summed E-state index contributed by atoms with van der Waals surface area (Å²) in [4.78, 5) is 9.10. The zero-order valence-corrected chi connectivity index (χ0v) is 9.66. The molecule has 0 aliphatic heterocycles. The second-order valence-electron chi connectivity index (χ2n) is 2.69. The van der Waals surface area contributed by atoms with E-state index in [1.807, 2.05) is 13.8 Å². The molecule has 0 aliphatic rings. The molecule has 0 saturated carbocycles. The highest BCUT2D eigenvalue weighted by molar-refractivity contribution is 7.47. The summed E-state index contributed by atoms with van der Waals surface area (Å²) in [7, 11) is -3.84. The Morgan fingerprint density at radius 1 is 1.14 bits per heavy atom. The normalized spacial score (nSPS) is 15.4. The smallest absolute Gasteiger partial charge is 0.379 e. The van der Waals surface area contributed by atoms with Crippen LogP contribution >= 0.6 is 7.82 Å². The summed E-state index contributed by atoms with van der Waals surface area (Å²) in [5, 5.41) is 0. The molecule has 0 bridgehead atoms. The molecule has 0 aromatic carbocycles. The zero-order valence-electron chi connectivity index (χ0n) is 8.77. The van der Waals surface area contributed by atoms with E-state index in [2.05, 4.69) is 9.05 Å². The lowest BCUT2D eigenvalue weighted by molar-refractivity contribution is 0.0824. The molecule has 1 unspecified atom stereocenters. The monoisotopic (exact) mass is 226 g/mol. The first-order chi connectivity index (χ1) is 6.62. The van der Waals surface area contributed by atoms with E-state index in [1.165, 1.54) is 0 Å². The van der Waals surface area contributed by atoms with Crippen molar-refractivity contribution in [3.8, 4) is 0 Å². The summed E-state index contributed by atoms with van der Waals surface area (Å²) < 4.78 is 25.4. The lowest BCUT2D eigenvalue weighted by atomic mass is 10.4. The highest BCUT2D eigenvalue weighted by Crippen LogP contribution is 2.42. The Labute approximate surface area is 85.0 Å². The van der Waals surface area contributed by atoms with Crippen LogP contribution in [0.3, 0.4) is 0 Å². The first-order valence-electron chi connectivity index (χ1n) is 4.82. The third-order valence-corrected chi connectivity index (χ3v) is 2.46. The highest BCUT2D eigenvalue weighted by atomic mass is 31.2. The van der Waals surface area contributed by atoms with Crippen molar-refractivity contribution >= 4 is 7.82 Å². The summed E-state index contributed by atoms with van der Waals surface area (Å²) in [5.41, 5.74) is 0. The van der Waals surface area contributed by atoms with Gasteiger partial charge in [-0.15, -0.1) is 0 Å². The average molecular weight is 226 g/mol. The fourth-order valence-corrected chi connectivity index (χ4v) is 1.46. The SMILES string of the molecule is CCCCOP(=O)(O)OCCOCC. The minimum atomic E-state index is -3.84. The quantitative estimate of drug-likeness (QED) is 0.481. The van der Waals surface area contributed by atoms with Crippen molar-refractivity contribution in [2.45, 2.75) is 26.7 Å². The van der Waals surface area contributed by atoms with Crippen LogP contribution in [-0.4, -0.2) is 31.3 Å². The van der Waals surface area contributed by atoms with E-state index in [0.29, 0.717) is 13.2 Å². The maximum absolute atomic E-state index is 11.1. The van der Waals surface area contributed by atoms with E-state index in [-0.39, 0.29) is 13.2 Å². The van der Waals surface area contributed by atoms with Gasteiger partial charge in [0.1, 0.15) is 0 Å². The Morgan fingerprint density at radius 3 is 2.36 bits per heavy atom. The topological polar surface area (TPSA) is 65.0 Å². The van der Waals surface area contributed by atoms with E-state index in [0.717, 1.165) is 12.8 Å². The van der Waals surface area contributed by atoms with Gasteiger partial charge in [-0.2, -0.15) is 0 Å². The number of phosphoric ester groups is 1. The van der Waals surface area contributed by atoms with Gasteiger partial charge in [0.25, 0.3) is 0 Å². The number of hydrogen-bond acceptors (Lipinski definition) is 4. The molecule has 5 nitrogen and oxygen atoms in total. The van der Waals surface area contributed by atoms with Crippen molar-refractivity contribution in [3.05, 3.63) is 0 Å². The van der Waals surface area contributed by atoms with E-state index in [9.17, 15) is 4.57 Å². The lowest BCUT2D eigenvalue weighted by Crippen LogP contribution is -2.04. The molecule has 86 valence electrons.